The van der Waals surface area contributed by atoms with Crippen LogP contribution < -0.4 is 0 Å². The maximum Gasteiger partial charge on any atom is 0.194 e. The van der Waals surface area contributed by atoms with Crippen molar-refractivity contribution in [1.29, 1.82) is 0 Å². The van der Waals surface area contributed by atoms with Crippen molar-refractivity contribution >= 4 is 27.1 Å². The Hall–Kier alpha value is -2.13. The highest BCUT2D eigenvalue weighted by atomic mass is 32.1. The standard InChI is InChI=1S/C17H14N2S/c1-11-12(2)20-17-18-16(10-19(11)17)15-8-7-13-5-3-4-6-14(13)9-15/h3-10H,1-2H3. The van der Waals surface area contributed by atoms with Crippen molar-refractivity contribution in [2.24, 2.45) is 0 Å². The minimum absolute atomic E-state index is 1.05. The molecule has 4 aromatic rings. The van der Waals surface area contributed by atoms with Crippen LogP contribution in [-0.2, 0) is 0 Å². The van der Waals surface area contributed by atoms with E-state index in [1.54, 1.807) is 11.3 Å². The number of rotatable bonds is 1. The lowest BCUT2D eigenvalue weighted by atomic mass is 10.1. The van der Waals surface area contributed by atoms with Gasteiger partial charge in [-0.3, -0.25) is 4.40 Å². The van der Waals surface area contributed by atoms with E-state index < -0.39 is 0 Å². The summed E-state index contributed by atoms with van der Waals surface area (Å²) in [6, 6.07) is 15.0. The number of fused-ring (bicyclic) bond motifs is 2. The summed E-state index contributed by atoms with van der Waals surface area (Å²) in [7, 11) is 0. The topological polar surface area (TPSA) is 17.3 Å². The minimum atomic E-state index is 1.05. The summed E-state index contributed by atoms with van der Waals surface area (Å²) in [5.41, 5.74) is 3.51. The highest BCUT2D eigenvalue weighted by Gasteiger charge is 2.10. The van der Waals surface area contributed by atoms with Gasteiger partial charge in [-0.25, -0.2) is 4.98 Å². The molecule has 0 saturated heterocycles. The van der Waals surface area contributed by atoms with E-state index in [1.807, 2.05) is 0 Å². The highest BCUT2D eigenvalue weighted by Crippen LogP contribution is 2.28. The van der Waals surface area contributed by atoms with Crippen molar-refractivity contribution in [2.45, 2.75) is 13.8 Å². The van der Waals surface area contributed by atoms with E-state index in [-0.39, 0.29) is 0 Å². The van der Waals surface area contributed by atoms with E-state index >= 15 is 0 Å². The van der Waals surface area contributed by atoms with Crippen LogP contribution in [0.3, 0.4) is 0 Å². The molecule has 0 aliphatic carbocycles. The molecule has 0 unspecified atom stereocenters. The van der Waals surface area contributed by atoms with Gasteiger partial charge in [0.25, 0.3) is 0 Å². The normalized spacial score (nSPS) is 11.5. The van der Waals surface area contributed by atoms with E-state index in [2.05, 4.69) is 66.9 Å². The Morgan fingerprint density at radius 2 is 1.80 bits per heavy atom. The molecule has 0 spiro atoms. The fraction of sp³-hybridized carbons (Fsp3) is 0.118. The van der Waals surface area contributed by atoms with E-state index in [0.717, 1.165) is 10.7 Å². The zero-order valence-electron chi connectivity index (χ0n) is 11.4. The molecule has 0 radical (unpaired) electrons. The molecule has 98 valence electrons. The summed E-state index contributed by atoms with van der Waals surface area (Å²) in [5.74, 6) is 0. The summed E-state index contributed by atoms with van der Waals surface area (Å²) >= 11 is 1.75. The van der Waals surface area contributed by atoms with Crippen LogP contribution in [0.1, 0.15) is 10.6 Å². The first kappa shape index (κ1) is 11.7. The van der Waals surface area contributed by atoms with Crippen LogP contribution in [0.5, 0.6) is 0 Å². The van der Waals surface area contributed by atoms with Gasteiger partial charge in [-0.1, -0.05) is 36.4 Å². The third kappa shape index (κ3) is 1.67. The molecule has 2 aromatic heterocycles. The molecule has 2 nitrogen and oxygen atoms in total. The second-order valence-electron chi connectivity index (χ2n) is 5.08. The van der Waals surface area contributed by atoms with Gasteiger partial charge in [0.2, 0.25) is 0 Å². The summed E-state index contributed by atoms with van der Waals surface area (Å²) < 4.78 is 2.19. The van der Waals surface area contributed by atoms with Gasteiger partial charge in [0.05, 0.1) is 5.69 Å². The van der Waals surface area contributed by atoms with Crippen LogP contribution in [0.2, 0.25) is 0 Å². The number of aryl methyl sites for hydroxylation is 2. The lowest BCUT2D eigenvalue weighted by Crippen LogP contribution is -1.82. The van der Waals surface area contributed by atoms with Crippen molar-refractivity contribution < 1.29 is 0 Å². The predicted octanol–water partition coefficient (Wildman–Crippen LogP) is 4.83. The maximum atomic E-state index is 4.75. The van der Waals surface area contributed by atoms with Gasteiger partial charge < -0.3 is 0 Å². The zero-order valence-corrected chi connectivity index (χ0v) is 12.2. The summed E-state index contributed by atoms with van der Waals surface area (Å²) in [4.78, 5) is 7.16. The molecule has 3 heteroatoms. The molecule has 0 aliphatic heterocycles. The summed E-state index contributed by atoms with van der Waals surface area (Å²) in [6.07, 6.45) is 2.14. The molecule has 20 heavy (non-hydrogen) atoms. The average molecular weight is 278 g/mol. The van der Waals surface area contributed by atoms with Crippen molar-refractivity contribution in [3.8, 4) is 11.3 Å². The van der Waals surface area contributed by atoms with E-state index in [1.165, 1.54) is 26.9 Å². The Balaban J connectivity index is 1.91. The van der Waals surface area contributed by atoms with E-state index in [0.29, 0.717) is 0 Å². The number of nitrogens with zero attached hydrogens (tertiary/aromatic N) is 2. The Morgan fingerprint density at radius 3 is 2.60 bits per heavy atom. The van der Waals surface area contributed by atoms with Gasteiger partial charge in [-0.05, 0) is 30.7 Å². The summed E-state index contributed by atoms with van der Waals surface area (Å²) in [5, 5.41) is 2.53. The molecule has 0 amide bonds. The zero-order chi connectivity index (χ0) is 13.7. The SMILES string of the molecule is Cc1sc2nc(-c3ccc4ccccc4c3)cn2c1C. The van der Waals surface area contributed by atoms with Crippen molar-refractivity contribution in [3.05, 3.63) is 59.2 Å². The molecule has 0 aliphatic rings. The van der Waals surface area contributed by atoms with Gasteiger partial charge in [0.1, 0.15) is 0 Å². The maximum absolute atomic E-state index is 4.75. The van der Waals surface area contributed by atoms with Crippen LogP contribution in [0.4, 0.5) is 0 Å². The van der Waals surface area contributed by atoms with E-state index in [9.17, 15) is 0 Å². The minimum Gasteiger partial charge on any atom is -0.294 e. The van der Waals surface area contributed by atoms with Gasteiger partial charge in [0, 0.05) is 22.3 Å². The monoisotopic (exact) mass is 278 g/mol. The van der Waals surface area contributed by atoms with Crippen molar-refractivity contribution in [1.82, 2.24) is 9.38 Å². The Morgan fingerprint density at radius 1 is 1.00 bits per heavy atom. The number of imidazole rings is 1. The van der Waals surface area contributed by atoms with Crippen LogP contribution in [0.15, 0.2) is 48.7 Å². The average Bonchev–Trinajstić information content (AvgIpc) is 2.99. The molecular formula is C17H14N2S. The largest absolute Gasteiger partial charge is 0.294 e. The number of hydrogen-bond donors (Lipinski definition) is 0. The van der Waals surface area contributed by atoms with Gasteiger partial charge in [0.15, 0.2) is 4.96 Å². The van der Waals surface area contributed by atoms with Gasteiger partial charge >= 0.3 is 0 Å². The molecule has 0 N–H and O–H groups in total. The Labute approximate surface area is 121 Å². The predicted molar refractivity (Wildman–Crippen MR) is 85.5 cm³/mol. The second kappa shape index (κ2) is 4.18. The lowest BCUT2D eigenvalue weighted by Gasteiger charge is -2.00. The third-order valence-electron chi connectivity index (χ3n) is 3.83. The third-order valence-corrected chi connectivity index (χ3v) is 4.91. The van der Waals surface area contributed by atoms with E-state index in [4.69, 9.17) is 4.98 Å². The van der Waals surface area contributed by atoms with Crippen LogP contribution >= 0.6 is 11.3 Å². The first-order valence-electron chi connectivity index (χ1n) is 6.66. The van der Waals surface area contributed by atoms with Crippen molar-refractivity contribution in [3.63, 3.8) is 0 Å². The fourth-order valence-electron chi connectivity index (χ4n) is 2.54. The molecular weight excluding hydrogens is 264 g/mol. The van der Waals surface area contributed by atoms with Gasteiger partial charge in [-0.2, -0.15) is 0 Å². The Kier molecular flexibility index (Phi) is 2.44. The number of hydrogen-bond acceptors (Lipinski definition) is 2. The number of benzene rings is 2. The smallest absolute Gasteiger partial charge is 0.194 e. The first-order valence-corrected chi connectivity index (χ1v) is 7.48. The number of thiazole rings is 1. The second-order valence-corrected chi connectivity index (χ2v) is 6.27. The van der Waals surface area contributed by atoms with Crippen LogP contribution in [0.25, 0.3) is 27.0 Å². The number of aromatic nitrogens is 2. The Bertz CT molecular complexity index is 931. The first-order chi connectivity index (χ1) is 9.72. The fourth-order valence-corrected chi connectivity index (χ4v) is 3.50. The molecule has 0 saturated carbocycles. The quantitative estimate of drug-likeness (QED) is 0.487. The molecule has 0 bridgehead atoms. The molecule has 2 aromatic carbocycles. The molecule has 0 atom stereocenters. The summed E-state index contributed by atoms with van der Waals surface area (Å²) in [6.45, 7) is 4.29. The molecule has 4 rings (SSSR count). The van der Waals surface area contributed by atoms with Gasteiger partial charge in [-0.15, -0.1) is 11.3 Å². The molecule has 2 heterocycles. The highest BCUT2D eigenvalue weighted by molar-refractivity contribution is 7.17. The van der Waals surface area contributed by atoms with Crippen LogP contribution in [-0.4, -0.2) is 9.38 Å². The van der Waals surface area contributed by atoms with Crippen LogP contribution in [0, 0.1) is 13.8 Å². The molecule has 0 fully saturated rings. The lowest BCUT2D eigenvalue weighted by molar-refractivity contribution is 1.11. The van der Waals surface area contributed by atoms with Crippen molar-refractivity contribution in [2.75, 3.05) is 0 Å².